The van der Waals surface area contributed by atoms with Gasteiger partial charge < -0.3 is 14.0 Å². The van der Waals surface area contributed by atoms with Crippen LogP contribution in [0.5, 0.6) is 5.75 Å². The summed E-state index contributed by atoms with van der Waals surface area (Å²) in [6.07, 6.45) is 2.08. The molecule has 1 saturated heterocycles. The number of rotatable bonds is 7. The maximum atomic E-state index is 13.1. The fraction of sp³-hybridized carbons (Fsp3) is 0.409. The number of nitrogens with zero attached hydrogens (tertiary/aromatic N) is 3. The van der Waals surface area contributed by atoms with E-state index in [9.17, 15) is 8.42 Å². The molecule has 0 spiro atoms. The average molecular weight is 430 g/mol. The van der Waals surface area contributed by atoms with Crippen LogP contribution in [-0.4, -0.2) is 55.7 Å². The molecule has 1 aromatic heterocycles. The number of hydrogen-bond acceptors (Lipinski definition) is 5. The van der Waals surface area contributed by atoms with Crippen LogP contribution in [0, 0.1) is 0 Å². The summed E-state index contributed by atoms with van der Waals surface area (Å²) in [7, 11) is -1.92. The summed E-state index contributed by atoms with van der Waals surface area (Å²) < 4.78 is 40.3. The number of morpholine rings is 1. The quantitative estimate of drug-likeness (QED) is 0.574. The fourth-order valence-corrected chi connectivity index (χ4v) is 5.14. The summed E-state index contributed by atoms with van der Waals surface area (Å²) in [4.78, 5) is 5.10. The first kappa shape index (κ1) is 20.8. The highest BCUT2D eigenvalue weighted by Gasteiger charge is 2.27. The lowest BCUT2D eigenvalue weighted by atomic mass is 10.2. The van der Waals surface area contributed by atoms with Crippen molar-refractivity contribution < 1.29 is 17.9 Å². The highest BCUT2D eigenvalue weighted by Crippen LogP contribution is 2.29. The van der Waals surface area contributed by atoms with Crippen LogP contribution in [0.25, 0.3) is 22.4 Å². The number of imidazole rings is 1. The maximum absolute atomic E-state index is 13.1. The second-order valence-electron chi connectivity index (χ2n) is 7.34. The molecule has 0 aliphatic carbocycles. The molecule has 0 unspecified atom stereocenters. The van der Waals surface area contributed by atoms with E-state index in [1.54, 1.807) is 19.2 Å². The molecule has 8 heteroatoms. The van der Waals surface area contributed by atoms with Gasteiger partial charge in [0.15, 0.2) is 0 Å². The van der Waals surface area contributed by atoms with Gasteiger partial charge in [-0.2, -0.15) is 4.31 Å². The minimum atomic E-state index is -3.56. The monoisotopic (exact) mass is 429 g/mol. The summed E-state index contributed by atoms with van der Waals surface area (Å²) in [5.41, 5.74) is 2.60. The highest BCUT2D eigenvalue weighted by atomic mass is 32.2. The van der Waals surface area contributed by atoms with Gasteiger partial charge in [-0.15, -0.1) is 0 Å². The lowest BCUT2D eigenvalue weighted by molar-refractivity contribution is 0.0730. The van der Waals surface area contributed by atoms with E-state index in [-0.39, 0.29) is 4.90 Å². The second kappa shape index (κ2) is 8.75. The maximum Gasteiger partial charge on any atom is 0.243 e. The highest BCUT2D eigenvalue weighted by molar-refractivity contribution is 7.89. The Bertz CT molecular complexity index is 1120. The number of benzene rings is 2. The number of aromatic nitrogens is 2. The standard InChI is InChI=1S/C22H27N3O4S/c1-3-4-11-25-21-10-9-19(30(26,27)24-12-14-29-15-13-24)16-20(21)23-22(25)17-5-7-18(28-2)8-6-17/h5-10,16H,3-4,11-15H2,1-2H3. The zero-order valence-electron chi connectivity index (χ0n) is 17.4. The molecule has 2 aromatic carbocycles. The summed E-state index contributed by atoms with van der Waals surface area (Å²) >= 11 is 0. The lowest BCUT2D eigenvalue weighted by Gasteiger charge is -2.26. The van der Waals surface area contributed by atoms with Crippen LogP contribution in [0.3, 0.4) is 0 Å². The SMILES string of the molecule is CCCCn1c(-c2ccc(OC)cc2)nc2cc(S(=O)(=O)N3CCOCC3)ccc21. The molecule has 1 aliphatic rings. The van der Waals surface area contributed by atoms with Gasteiger partial charge in [0.2, 0.25) is 10.0 Å². The fourth-order valence-electron chi connectivity index (χ4n) is 3.71. The normalized spacial score (nSPS) is 15.5. The minimum Gasteiger partial charge on any atom is -0.497 e. The number of fused-ring (bicyclic) bond motifs is 1. The van der Waals surface area contributed by atoms with E-state index in [2.05, 4.69) is 11.5 Å². The Morgan fingerprint density at radius 3 is 2.50 bits per heavy atom. The number of aryl methyl sites for hydroxylation is 1. The van der Waals surface area contributed by atoms with Crippen LogP contribution in [0.1, 0.15) is 19.8 Å². The van der Waals surface area contributed by atoms with Crippen LogP contribution < -0.4 is 4.74 Å². The van der Waals surface area contributed by atoms with Gasteiger partial charge in [-0.1, -0.05) is 13.3 Å². The largest absolute Gasteiger partial charge is 0.497 e. The third-order valence-electron chi connectivity index (χ3n) is 5.41. The topological polar surface area (TPSA) is 73.7 Å². The van der Waals surface area contributed by atoms with Crippen LogP contribution in [0.2, 0.25) is 0 Å². The Morgan fingerprint density at radius 1 is 1.10 bits per heavy atom. The van der Waals surface area contributed by atoms with E-state index in [4.69, 9.17) is 14.5 Å². The molecule has 0 N–H and O–H groups in total. The number of ether oxygens (including phenoxy) is 2. The Labute approximate surface area is 177 Å². The smallest absolute Gasteiger partial charge is 0.243 e. The van der Waals surface area contributed by atoms with Crippen molar-refractivity contribution in [1.29, 1.82) is 0 Å². The van der Waals surface area contributed by atoms with Crippen LogP contribution in [0.4, 0.5) is 0 Å². The van der Waals surface area contributed by atoms with E-state index in [1.165, 1.54) is 4.31 Å². The molecule has 3 aromatic rings. The molecule has 0 radical (unpaired) electrons. The molecule has 1 aliphatic heterocycles. The van der Waals surface area contributed by atoms with E-state index in [0.717, 1.165) is 42.0 Å². The molecule has 1 fully saturated rings. The van der Waals surface area contributed by atoms with Gasteiger partial charge in [-0.3, -0.25) is 0 Å². The van der Waals surface area contributed by atoms with Gasteiger partial charge >= 0.3 is 0 Å². The first-order valence-electron chi connectivity index (χ1n) is 10.3. The first-order valence-corrected chi connectivity index (χ1v) is 11.7. The number of hydrogen-bond donors (Lipinski definition) is 0. The van der Waals surface area contributed by atoms with Crippen molar-refractivity contribution >= 4 is 21.1 Å². The van der Waals surface area contributed by atoms with Crippen molar-refractivity contribution in [2.45, 2.75) is 31.2 Å². The van der Waals surface area contributed by atoms with E-state index in [1.807, 2.05) is 30.3 Å². The van der Waals surface area contributed by atoms with Gasteiger partial charge in [0, 0.05) is 25.2 Å². The first-order chi connectivity index (χ1) is 14.5. The Kier molecular flexibility index (Phi) is 6.08. The summed E-state index contributed by atoms with van der Waals surface area (Å²) in [6.45, 7) is 4.58. The van der Waals surface area contributed by atoms with E-state index < -0.39 is 10.0 Å². The molecule has 2 heterocycles. The zero-order valence-corrected chi connectivity index (χ0v) is 18.2. The van der Waals surface area contributed by atoms with Gasteiger partial charge in [0.25, 0.3) is 0 Å². The lowest BCUT2D eigenvalue weighted by Crippen LogP contribution is -2.40. The number of methoxy groups -OCH3 is 1. The minimum absolute atomic E-state index is 0.276. The molecule has 7 nitrogen and oxygen atoms in total. The predicted octanol–water partition coefficient (Wildman–Crippen LogP) is 3.53. The van der Waals surface area contributed by atoms with Gasteiger partial charge in [-0.05, 0) is 48.9 Å². The predicted molar refractivity (Wildman–Crippen MR) is 116 cm³/mol. The summed E-state index contributed by atoms with van der Waals surface area (Å²) in [5.74, 6) is 1.62. The second-order valence-corrected chi connectivity index (χ2v) is 9.27. The third kappa shape index (κ3) is 3.95. The Hall–Kier alpha value is -2.42. The van der Waals surface area contributed by atoms with Crippen molar-refractivity contribution in [1.82, 2.24) is 13.9 Å². The van der Waals surface area contributed by atoms with E-state index in [0.29, 0.717) is 31.8 Å². The van der Waals surface area contributed by atoms with Crippen LogP contribution in [-0.2, 0) is 21.3 Å². The van der Waals surface area contributed by atoms with Crippen LogP contribution in [0.15, 0.2) is 47.4 Å². The van der Waals surface area contributed by atoms with Crippen molar-refractivity contribution in [3.8, 4) is 17.1 Å². The van der Waals surface area contributed by atoms with Crippen molar-refractivity contribution in [2.24, 2.45) is 0 Å². The van der Waals surface area contributed by atoms with Crippen molar-refractivity contribution in [3.05, 3.63) is 42.5 Å². The molecular formula is C22H27N3O4S. The molecule has 0 saturated carbocycles. The number of unbranched alkanes of at least 4 members (excludes halogenated alkanes) is 1. The average Bonchev–Trinajstić information content (AvgIpc) is 3.16. The van der Waals surface area contributed by atoms with Crippen molar-refractivity contribution in [2.75, 3.05) is 33.4 Å². The third-order valence-corrected chi connectivity index (χ3v) is 7.31. The zero-order chi connectivity index (χ0) is 21.1. The summed E-state index contributed by atoms with van der Waals surface area (Å²) in [5, 5.41) is 0. The molecule has 0 amide bonds. The molecular weight excluding hydrogens is 402 g/mol. The van der Waals surface area contributed by atoms with Gasteiger partial charge in [0.05, 0.1) is 36.3 Å². The van der Waals surface area contributed by atoms with E-state index >= 15 is 0 Å². The molecule has 4 rings (SSSR count). The van der Waals surface area contributed by atoms with Crippen LogP contribution >= 0.6 is 0 Å². The molecule has 0 bridgehead atoms. The molecule has 160 valence electrons. The van der Waals surface area contributed by atoms with Crippen molar-refractivity contribution in [3.63, 3.8) is 0 Å². The Balaban J connectivity index is 1.78. The Morgan fingerprint density at radius 2 is 1.83 bits per heavy atom. The van der Waals surface area contributed by atoms with Gasteiger partial charge in [0.1, 0.15) is 11.6 Å². The van der Waals surface area contributed by atoms with Gasteiger partial charge in [-0.25, -0.2) is 13.4 Å². The summed E-state index contributed by atoms with van der Waals surface area (Å²) in [6, 6.07) is 13.0. The molecule has 0 atom stereocenters. The molecule has 30 heavy (non-hydrogen) atoms. The number of sulfonamides is 1.